The number of halogens is 4. The Morgan fingerprint density at radius 3 is 2.25 bits per heavy atom. The first-order valence-electron chi connectivity index (χ1n) is 6.16. The van der Waals surface area contributed by atoms with Gasteiger partial charge in [-0.25, -0.2) is 0 Å². The Morgan fingerprint density at radius 1 is 0.900 bits per heavy atom. The molecule has 0 aliphatic carbocycles. The molecule has 0 saturated heterocycles. The van der Waals surface area contributed by atoms with E-state index in [2.05, 4.69) is 5.32 Å². The van der Waals surface area contributed by atoms with Gasteiger partial charge in [0.1, 0.15) is 0 Å². The summed E-state index contributed by atoms with van der Waals surface area (Å²) in [5.41, 5.74) is 1.96. The van der Waals surface area contributed by atoms with E-state index in [0.717, 1.165) is 17.7 Å². The first kappa shape index (κ1) is 15.9. The molecule has 0 spiro atoms. The molecule has 2 rings (SSSR count). The average molecular weight is 349 g/mol. The van der Waals surface area contributed by atoms with Gasteiger partial charge in [-0.1, -0.05) is 65.5 Å². The molecule has 0 fully saturated rings. The molecule has 0 radical (unpaired) electrons. The summed E-state index contributed by atoms with van der Waals surface area (Å²) < 4.78 is 0. The largest absolute Gasteiger partial charge is 0.306 e. The molecule has 0 bridgehead atoms. The Bertz CT molecular complexity index is 613. The van der Waals surface area contributed by atoms with E-state index in [1.54, 1.807) is 12.1 Å². The Labute approximate surface area is 138 Å². The van der Waals surface area contributed by atoms with Crippen LogP contribution in [0.25, 0.3) is 0 Å². The van der Waals surface area contributed by atoms with Crippen LogP contribution in [0.4, 0.5) is 0 Å². The quantitative estimate of drug-likeness (QED) is 0.714. The van der Waals surface area contributed by atoms with Crippen LogP contribution < -0.4 is 5.32 Å². The minimum absolute atomic E-state index is 0.0560. The van der Waals surface area contributed by atoms with Crippen molar-refractivity contribution in [2.45, 2.75) is 13.0 Å². The fourth-order valence-corrected chi connectivity index (χ4v) is 2.86. The normalized spacial score (nSPS) is 12.4. The number of hydrogen-bond acceptors (Lipinski definition) is 1. The summed E-state index contributed by atoms with van der Waals surface area (Å²) in [4.78, 5) is 0. The van der Waals surface area contributed by atoms with E-state index in [1.807, 2.05) is 31.2 Å². The minimum Gasteiger partial charge on any atom is -0.306 e. The maximum atomic E-state index is 6.30. The van der Waals surface area contributed by atoms with E-state index < -0.39 is 0 Å². The van der Waals surface area contributed by atoms with E-state index in [1.165, 1.54) is 0 Å². The first-order chi connectivity index (χ1) is 9.52. The lowest BCUT2D eigenvalue weighted by Gasteiger charge is -2.20. The molecule has 2 aromatic rings. The Morgan fingerprint density at radius 2 is 1.65 bits per heavy atom. The van der Waals surface area contributed by atoms with Crippen LogP contribution in [0.2, 0.25) is 20.1 Å². The number of nitrogens with one attached hydrogen (secondary N) is 1. The molecule has 0 aliphatic rings. The van der Waals surface area contributed by atoms with Gasteiger partial charge in [0.25, 0.3) is 0 Å². The van der Waals surface area contributed by atoms with Crippen LogP contribution in [0.15, 0.2) is 36.4 Å². The van der Waals surface area contributed by atoms with Crippen LogP contribution in [0.5, 0.6) is 0 Å². The summed E-state index contributed by atoms with van der Waals surface area (Å²) in [5, 5.41) is 5.69. The topological polar surface area (TPSA) is 12.0 Å². The van der Waals surface area contributed by atoms with Crippen LogP contribution in [-0.2, 0) is 0 Å². The molecular formula is C15H13Cl4N. The highest BCUT2D eigenvalue weighted by atomic mass is 35.5. The van der Waals surface area contributed by atoms with Crippen LogP contribution in [0, 0.1) is 0 Å². The molecule has 2 aromatic carbocycles. The second-order valence-electron chi connectivity index (χ2n) is 4.33. The summed E-state index contributed by atoms with van der Waals surface area (Å²) in [6.07, 6.45) is 0. The van der Waals surface area contributed by atoms with Crippen LogP contribution in [0.3, 0.4) is 0 Å². The van der Waals surface area contributed by atoms with Gasteiger partial charge in [0.05, 0.1) is 16.1 Å². The summed E-state index contributed by atoms with van der Waals surface area (Å²) in [5.74, 6) is 0. The van der Waals surface area contributed by atoms with E-state index in [9.17, 15) is 0 Å². The standard InChI is InChI=1S/C15H13Cl4N/c1-2-20-15(9-3-6-12(17)14(19)7-9)11-5-4-10(16)8-13(11)18/h3-8,15,20H,2H2,1H3. The zero-order valence-corrected chi connectivity index (χ0v) is 13.8. The highest BCUT2D eigenvalue weighted by Crippen LogP contribution is 2.33. The van der Waals surface area contributed by atoms with Gasteiger partial charge in [-0.05, 0) is 41.9 Å². The Balaban J connectivity index is 2.47. The fraction of sp³-hybridized carbons (Fsp3) is 0.200. The second-order valence-corrected chi connectivity index (χ2v) is 5.99. The molecule has 0 heterocycles. The molecule has 106 valence electrons. The molecule has 1 N–H and O–H groups in total. The molecule has 0 aromatic heterocycles. The van der Waals surface area contributed by atoms with Crippen molar-refractivity contribution in [2.75, 3.05) is 6.54 Å². The van der Waals surface area contributed by atoms with Gasteiger partial charge in [-0.2, -0.15) is 0 Å². The summed E-state index contributed by atoms with van der Waals surface area (Å²) in [6.45, 7) is 2.83. The van der Waals surface area contributed by atoms with E-state index in [0.29, 0.717) is 20.1 Å². The SMILES string of the molecule is CCNC(c1ccc(Cl)c(Cl)c1)c1ccc(Cl)cc1Cl. The van der Waals surface area contributed by atoms with Gasteiger partial charge in [0.15, 0.2) is 0 Å². The van der Waals surface area contributed by atoms with Gasteiger partial charge in [0.2, 0.25) is 0 Å². The maximum absolute atomic E-state index is 6.30. The smallest absolute Gasteiger partial charge is 0.0595 e. The minimum atomic E-state index is -0.0560. The van der Waals surface area contributed by atoms with Crippen molar-refractivity contribution >= 4 is 46.4 Å². The Hall–Kier alpha value is -0.440. The third-order valence-corrected chi connectivity index (χ3v) is 4.26. The highest BCUT2D eigenvalue weighted by Gasteiger charge is 2.17. The lowest BCUT2D eigenvalue weighted by atomic mass is 9.98. The van der Waals surface area contributed by atoms with Crippen LogP contribution in [0.1, 0.15) is 24.1 Å². The van der Waals surface area contributed by atoms with Gasteiger partial charge >= 0.3 is 0 Å². The molecule has 1 nitrogen and oxygen atoms in total. The third kappa shape index (κ3) is 3.60. The zero-order valence-electron chi connectivity index (χ0n) is 10.8. The third-order valence-electron chi connectivity index (χ3n) is 2.96. The monoisotopic (exact) mass is 347 g/mol. The predicted molar refractivity (Wildman–Crippen MR) is 88.4 cm³/mol. The van der Waals surface area contributed by atoms with Gasteiger partial charge < -0.3 is 5.32 Å². The van der Waals surface area contributed by atoms with Crippen molar-refractivity contribution in [3.05, 3.63) is 67.6 Å². The summed E-state index contributed by atoms with van der Waals surface area (Å²) >= 11 is 24.3. The second kappa shape index (κ2) is 7.02. The van der Waals surface area contributed by atoms with Crippen LogP contribution >= 0.6 is 46.4 Å². The lowest BCUT2D eigenvalue weighted by Crippen LogP contribution is -2.22. The predicted octanol–water partition coefficient (Wildman–Crippen LogP) is 6.00. The molecule has 20 heavy (non-hydrogen) atoms. The summed E-state index contributed by atoms with van der Waals surface area (Å²) in [6, 6.07) is 11.0. The average Bonchev–Trinajstić information content (AvgIpc) is 2.40. The molecule has 5 heteroatoms. The van der Waals surface area contributed by atoms with E-state index in [-0.39, 0.29) is 6.04 Å². The number of benzene rings is 2. The molecule has 0 aliphatic heterocycles. The van der Waals surface area contributed by atoms with E-state index in [4.69, 9.17) is 46.4 Å². The molecule has 1 atom stereocenters. The van der Waals surface area contributed by atoms with Crippen molar-refractivity contribution < 1.29 is 0 Å². The highest BCUT2D eigenvalue weighted by molar-refractivity contribution is 6.42. The summed E-state index contributed by atoms with van der Waals surface area (Å²) in [7, 11) is 0. The Kier molecular flexibility index (Phi) is 5.59. The van der Waals surface area contributed by atoms with Gasteiger partial charge in [0, 0.05) is 10.0 Å². The van der Waals surface area contributed by atoms with Crippen molar-refractivity contribution in [3.63, 3.8) is 0 Å². The molecular weight excluding hydrogens is 336 g/mol. The van der Waals surface area contributed by atoms with Crippen molar-refractivity contribution in [1.29, 1.82) is 0 Å². The van der Waals surface area contributed by atoms with Gasteiger partial charge in [-0.3, -0.25) is 0 Å². The zero-order chi connectivity index (χ0) is 14.7. The van der Waals surface area contributed by atoms with E-state index >= 15 is 0 Å². The van der Waals surface area contributed by atoms with Crippen molar-refractivity contribution in [3.8, 4) is 0 Å². The fourth-order valence-electron chi connectivity index (χ4n) is 2.04. The van der Waals surface area contributed by atoms with Crippen LogP contribution in [-0.4, -0.2) is 6.54 Å². The molecule has 0 amide bonds. The number of rotatable bonds is 4. The van der Waals surface area contributed by atoms with Crippen molar-refractivity contribution in [2.24, 2.45) is 0 Å². The van der Waals surface area contributed by atoms with Crippen molar-refractivity contribution in [1.82, 2.24) is 5.32 Å². The molecule has 1 unspecified atom stereocenters. The maximum Gasteiger partial charge on any atom is 0.0595 e. The number of hydrogen-bond donors (Lipinski definition) is 1. The first-order valence-corrected chi connectivity index (χ1v) is 7.67. The van der Waals surface area contributed by atoms with Gasteiger partial charge in [-0.15, -0.1) is 0 Å². The lowest BCUT2D eigenvalue weighted by molar-refractivity contribution is 0.631. The molecule has 0 saturated carbocycles.